The minimum absolute atomic E-state index is 0.235. The van der Waals surface area contributed by atoms with Crippen molar-refractivity contribution in [2.24, 2.45) is 0 Å². The first-order chi connectivity index (χ1) is 6.36. The topological polar surface area (TPSA) is 9.23 Å². The minimum atomic E-state index is 0.235. The molecule has 0 saturated heterocycles. The first kappa shape index (κ1) is 10.1. The summed E-state index contributed by atoms with van der Waals surface area (Å²) >= 11 is 0. The summed E-state index contributed by atoms with van der Waals surface area (Å²) in [6.07, 6.45) is 14.0. The normalized spacial score (nSPS) is 18.8. The van der Waals surface area contributed by atoms with Crippen LogP contribution in [0.2, 0.25) is 0 Å². The van der Waals surface area contributed by atoms with Gasteiger partial charge in [-0.2, -0.15) is 0 Å². The maximum atomic E-state index is 5.77. The molecule has 1 unspecified atom stereocenters. The summed E-state index contributed by atoms with van der Waals surface area (Å²) in [6.45, 7) is 4.16. The van der Waals surface area contributed by atoms with Gasteiger partial charge in [0.2, 0.25) is 0 Å². The molecule has 0 amide bonds. The van der Waals surface area contributed by atoms with Crippen LogP contribution in [0.15, 0.2) is 36.1 Å². The predicted molar refractivity (Wildman–Crippen MR) is 56.4 cm³/mol. The molecule has 1 heteroatoms. The fraction of sp³-hybridized carbons (Fsp3) is 0.500. The third-order valence-electron chi connectivity index (χ3n) is 2.06. The summed E-state index contributed by atoms with van der Waals surface area (Å²) in [4.78, 5) is 0. The van der Waals surface area contributed by atoms with Crippen molar-refractivity contribution < 1.29 is 4.74 Å². The van der Waals surface area contributed by atoms with Crippen LogP contribution >= 0.6 is 0 Å². The number of hydrogen-bond donors (Lipinski definition) is 0. The third kappa shape index (κ3) is 3.49. The van der Waals surface area contributed by atoms with Crippen molar-refractivity contribution in [1.82, 2.24) is 0 Å². The fourth-order valence-corrected chi connectivity index (χ4v) is 1.32. The van der Waals surface area contributed by atoms with Crippen LogP contribution in [0.1, 0.15) is 33.1 Å². The van der Waals surface area contributed by atoms with E-state index in [4.69, 9.17) is 4.74 Å². The third-order valence-corrected chi connectivity index (χ3v) is 2.06. The van der Waals surface area contributed by atoms with E-state index in [9.17, 15) is 0 Å². The van der Waals surface area contributed by atoms with E-state index in [-0.39, 0.29) is 6.10 Å². The molecule has 13 heavy (non-hydrogen) atoms. The second kappa shape index (κ2) is 5.63. The number of hydrogen-bond acceptors (Lipinski definition) is 1. The van der Waals surface area contributed by atoms with E-state index >= 15 is 0 Å². The van der Waals surface area contributed by atoms with Crippen LogP contribution in [0.25, 0.3) is 0 Å². The van der Waals surface area contributed by atoms with Crippen LogP contribution in [0.5, 0.6) is 0 Å². The Morgan fingerprint density at radius 3 is 2.92 bits per heavy atom. The lowest BCUT2D eigenvalue weighted by atomic mass is 10.2. The summed E-state index contributed by atoms with van der Waals surface area (Å²) in [5.74, 6) is 1.02. The van der Waals surface area contributed by atoms with Crippen LogP contribution in [0.4, 0.5) is 0 Å². The molecule has 1 atom stereocenters. The maximum absolute atomic E-state index is 5.77. The lowest BCUT2D eigenvalue weighted by molar-refractivity contribution is 0.160. The van der Waals surface area contributed by atoms with E-state index in [0.29, 0.717) is 0 Å². The molecule has 0 radical (unpaired) electrons. The Morgan fingerprint density at radius 1 is 1.54 bits per heavy atom. The molecule has 0 aromatic carbocycles. The molecule has 0 bridgehead atoms. The van der Waals surface area contributed by atoms with E-state index < -0.39 is 0 Å². The lowest BCUT2D eigenvalue weighted by Crippen LogP contribution is -2.07. The van der Waals surface area contributed by atoms with Crippen LogP contribution in [0.3, 0.4) is 0 Å². The lowest BCUT2D eigenvalue weighted by Gasteiger charge is -2.16. The van der Waals surface area contributed by atoms with Crippen molar-refractivity contribution in [1.29, 1.82) is 0 Å². The van der Waals surface area contributed by atoms with Gasteiger partial charge >= 0.3 is 0 Å². The molecule has 0 N–H and O–H groups in total. The fourth-order valence-electron chi connectivity index (χ4n) is 1.32. The van der Waals surface area contributed by atoms with Gasteiger partial charge in [0, 0.05) is 0 Å². The molecule has 72 valence electrons. The average molecular weight is 178 g/mol. The highest BCUT2D eigenvalue weighted by Gasteiger charge is 2.04. The van der Waals surface area contributed by atoms with Crippen molar-refractivity contribution in [3.05, 3.63) is 36.1 Å². The molecule has 1 nitrogen and oxygen atoms in total. The molecule has 0 aromatic heterocycles. The largest absolute Gasteiger partial charge is 0.487 e. The smallest absolute Gasteiger partial charge is 0.117 e. The minimum Gasteiger partial charge on any atom is -0.487 e. The summed E-state index contributed by atoms with van der Waals surface area (Å²) < 4.78 is 5.77. The van der Waals surface area contributed by atoms with Crippen LogP contribution in [-0.4, -0.2) is 6.10 Å². The van der Waals surface area contributed by atoms with Gasteiger partial charge < -0.3 is 4.74 Å². The van der Waals surface area contributed by atoms with Gasteiger partial charge in [-0.05, 0) is 44.4 Å². The molecule has 0 aliphatic heterocycles. The van der Waals surface area contributed by atoms with E-state index in [2.05, 4.69) is 31.2 Å². The first-order valence-corrected chi connectivity index (χ1v) is 5.03. The van der Waals surface area contributed by atoms with E-state index in [1.54, 1.807) is 0 Å². The Morgan fingerprint density at radius 2 is 2.38 bits per heavy atom. The summed E-state index contributed by atoms with van der Waals surface area (Å²) in [5.41, 5.74) is 0. The van der Waals surface area contributed by atoms with Gasteiger partial charge in [-0.3, -0.25) is 0 Å². The van der Waals surface area contributed by atoms with Crippen molar-refractivity contribution in [2.75, 3.05) is 0 Å². The van der Waals surface area contributed by atoms with Gasteiger partial charge in [0.1, 0.15) is 11.9 Å². The summed E-state index contributed by atoms with van der Waals surface area (Å²) in [7, 11) is 0. The Hall–Kier alpha value is -0.980. The van der Waals surface area contributed by atoms with Gasteiger partial charge in [-0.15, -0.1) is 0 Å². The number of ether oxygens (including phenoxy) is 1. The molecule has 1 rings (SSSR count). The summed E-state index contributed by atoms with van der Waals surface area (Å²) in [6, 6.07) is 0. The van der Waals surface area contributed by atoms with Gasteiger partial charge in [-0.1, -0.05) is 19.1 Å². The zero-order chi connectivity index (χ0) is 9.52. The molecular weight excluding hydrogens is 160 g/mol. The maximum Gasteiger partial charge on any atom is 0.117 e. The molecule has 0 saturated carbocycles. The molecule has 0 fully saturated rings. The Balaban J connectivity index is 2.45. The Labute approximate surface area is 80.8 Å². The average Bonchev–Trinajstić information content (AvgIpc) is 2.19. The predicted octanol–water partition coefficient (Wildman–Crippen LogP) is 3.59. The second-order valence-corrected chi connectivity index (χ2v) is 3.18. The molecule has 1 aliphatic carbocycles. The molecule has 1 aliphatic rings. The highest BCUT2D eigenvalue weighted by atomic mass is 16.5. The van der Waals surface area contributed by atoms with Crippen molar-refractivity contribution in [3.63, 3.8) is 0 Å². The van der Waals surface area contributed by atoms with Gasteiger partial charge in [-0.25, -0.2) is 0 Å². The zero-order valence-corrected chi connectivity index (χ0v) is 8.49. The quantitative estimate of drug-likeness (QED) is 0.598. The Bertz CT molecular complexity index is 223. The van der Waals surface area contributed by atoms with Crippen molar-refractivity contribution in [2.45, 2.75) is 39.2 Å². The van der Waals surface area contributed by atoms with Gasteiger partial charge in [0.25, 0.3) is 0 Å². The standard InChI is InChI=1S/C12H18O/c1-3-8-11(4-2)13-12-9-6-5-7-10-12/h3,6,8-11H,4-5,7H2,1-2H3/b8-3+. The van der Waals surface area contributed by atoms with E-state index in [0.717, 1.165) is 25.0 Å². The summed E-state index contributed by atoms with van der Waals surface area (Å²) in [5, 5.41) is 0. The first-order valence-electron chi connectivity index (χ1n) is 5.03. The highest BCUT2D eigenvalue weighted by molar-refractivity contribution is 5.16. The van der Waals surface area contributed by atoms with Crippen LogP contribution in [-0.2, 0) is 4.74 Å². The molecule has 0 spiro atoms. The molecular formula is C12H18O. The highest BCUT2D eigenvalue weighted by Crippen LogP contribution is 2.14. The van der Waals surface area contributed by atoms with Crippen molar-refractivity contribution in [3.8, 4) is 0 Å². The van der Waals surface area contributed by atoms with Crippen molar-refractivity contribution >= 4 is 0 Å². The second-order valence-electron chi connectivity index (χ2n) is 3.18. The van der Waals surface area contributed by atoms with E-state index in [1.807, 2.05) is 13.0 Å². The number of rotatable bonds is 4. The molecule has 0 aromatic rings. The SMILES string of the molecule is C/C=C/C(CC)OC1=CCCC=C1. The van der Waals surface area contributed by atoms with E-state index in [1.165, 1.54) is 0 Å². The zero-order valence-electron chi connectivity index (χ0n) is 8.49. The molecule has 0 heterocycles. The number of allylic oxidation sites excluding steroid dienone is 4. The van der Waals surface area contributed by atoms with Crippen LogP contribution in [0, 0.1) is 0 Å². The Kier molecular flexibility index (Phi) is 4.37. The van der Waals surface area contributed by atoms with Gasteiger partial charge in [0.05, 0.1) is 0 Å². The van der Waals surface area contributed by atoms with Gasteiger partial charge in [0.15, 0.2) is 0 Å². The monoisotopic (exact) mass is 178 g/mol. The van der Waals surface area contributed by atoms with Crippen LogP contribution < -0.4 is 0 Å².